The zero-order chi connectivity index (χ0) is 17.5. The van der Waals surface area contributed by atoms with Crippen molar-refractivity contribution in [3.05, 3.63) is 45.6 Å². The van der Waals surface area contributed by atoms with Crippen molar-refractivity contribution in [1.29, 1.82) is 5.26 Å². The number of hydrogen-bond donors (Lipinski definition) is 1. The van der Waals surface area contributed by atoms with E-state index in [-0.39, 0.29) is 11.9 Å². The quantitative estimate of drug-likeness (QED) is 0.914. The van der Waals surface area contributed by atoms with Crippen molar-refractivity contribution in [2.45, 2.75) is 25.8 Å². The van der Waals surface area contributed by atoms with E-state index in [9.17, 15) is 4.79 Å². The monoisotopic (exact) mass is 338 g/mol. The highest BCUT2D eigenvalue weighted by molar-refractivity contribution is 7.10. The normalized spacial score (nSPS) is 20.7. The van der Waals surface area contributed by atoms with Crippen LogP contribution in [0.4, 0.5) is 0 Å². The van der Waals surface area contributed by atoms with Crippen molar-refractivity contribution in [3.8, 4) is 17.2 Å². The number of thiophene rings is 1. The number of rotatable bonds is 2. The third-order valence-electron chi connectivity index (χ3n) is 4.41. The van der Waals surface area contributed by atoms with Crippen LogP contribution in [-0.4, -0.2) is 23.8 Å². The maximum atomic E-state index is 12.2. The molecule has 1 aliphatic heterocycles. The molecule has 0 radical (unpaired) electrons. The minimum Gasteiger partial charge on any atom is -0.369 e. The molecule has 1 aliphatic rings. The highest BCUT2D eigenvalue weighted by atomic mass is 32.1. The van der Waals surface area contributed by atoms with E-state index < -0.39 is 5.54 Å². The first kappa shape index (κ1) is 16.2. The molecule has 6 heteroatoms. The standard InChI is InChI=1S/C18H18N4OS/c1-11-14(13-6-4-5-12(7-13)9-19)10-24-16(11)18(2)8-15(23)22(3)17(20)21-18/h4-7,10H,8H2,1-3H3,(H2,20,21). The largest absolute Gasteiger partial charge is 0.369 e. The second kappa shape index (κ2) is 5.77. The number of amides is 1. The third kappa shape index (κ3) is 2.57. The van der Waals surface area contributed by atoms with Crippen molar-refractivity contribution in [1.82, 2.24) is 4.90 Å². The Morgan fingerprint density at radius 3 is 2.88 bits per heavy atom. The van der Waals surface area contributed by atoms with E-state index in [1.807, 2.05) is 32.0 Å². The number of aliphatic imine (C=N–C) groups is 1. The van der Waals surface area contributed by atoms with E-state index in [1.165, 1.54) is 4.90 Å². The molecule has 0 saturated carbocycles. The summed E-state index contributed by atoms with van der Waals surface area (Å²) in [5.74, 6) is 0.209. The van der Waals surface area contributed by atoms with E-state index in [4.69, 9.17) is 11.0 Å². The van der Waals surface area contributed by atoms with Crippen molar-refractivity contribution >= 4 is 23.2 Å². The van der Waals surface area contributed by atoms with Gasteiger partial charge in [0.2, 0.25) is 5.91 Å². The lowest BCUT2D eigenvalue weighted by molar-refractivity contribution is -0.128. The van der Waals surface area contributed by atoms with Crippen LogP contribution in [0.1, 0.15) is 29.3 Å². The van der Waals surface area contributed by atoms with Gasteiger partial charge in [-0.05, 0) is 48.1 Å². The van der Waals surface area contributed by atoms with Gasteiger partial charge in [0, 0.05) is 11.9 Å². The van der Waals surface area contributed by atoms with Crippen LogP contribution in [0.5, 0.6) is 0 Å². The number of carbonyl (C=O) groups is 1. The molecule has 122 valence electrons. The first-order valence-electron chi connectivity index (χ1n) is 7.57. The molecule has 1 unspecified atom stereocenters. The van der Waals surface area contributed by atoms with Gasteiger partial charge in [0.1, 0.15) is 5.54 Å². The zero-order valence-corrected chi connectivity index (χ0v) is 14.6. The summed E-state index contributed by atoms with van der Waals surface area (Å²) in [5, 5.41) is 11.1. The highest BCUT2D eigenvalue weighted by Crippen LogP contribution is 2.42. The number of guanidine groups is 1. The molecule has 0 bridgehead atoms. The van der Waals surface area contributed by atoms with Crippen LogP contribution >= 0.6 is 11.3 Å². The van der Waals surface area contributed by atoms with Gasteiger partial charge in [-0.3, -0.25) is 9.69 Å². The fourth-order valence-electron chi connectivity index (χ4n) is 3.03. The van der Waals surface area contributed by atoms with Gasteiger partial charge in [-0.15, -0.1) is 11.3 Å². The molecule has 1 aromatic heterocycles. The molecule has 3 rings (SSSR count). The SMILES string of the molecule is Cc1c(-c2cccc(C#N)c2)csc1C1(C)CC(=O)N(C)C(N)=N1. The Morgan fingerprint density at radius 2 is 2.21 bits per heavy atom. The summed E-state index contributed by atoms with van der Waals surface area (Å²) < 4.78 is 0. The van der Waals surface area contributed by atoms with Crippen LogP contribution in [0.3, 0.4) is 0 Å². The molecule has 0 fully saturated rings. The molecule has 2 heterocycles. The Kier molecular flexibility index (Phi) is 3.90. The highest BCUT2D eigenvalue weighted by Gasteiger charge is 2.38. The van der Waals surface area contributed by atoms with E-state index in [0.29, 0.717) is 12.0 Å². The van der Waals surface area contributed by atoms with E-state index in [0.717, 1.165) is 21.6 Å². The van der Waals surface area contributed by atoms with Crippen molar-refractivity contribution < 1.29 is 4.79 Å². The van der Waals surface area contributed by atoms with Crippen molar-refractivity contribution in [3.63, 3.8) is 0 Å². The van der Waals surface area contributed by atoms with E-state index in [2.05, 4.69) is 16.4 Å². The van der Waals surface area contributed by atoms with Crippen LogP contribution in [0, 0.1) is 18.3 Å². The van der Waals surface area contributed by atoms with E-state index in [1.54, 1.807) is 24.5 Å². The first-order chi connectivity index (χ1) is 11.4. The molecule has 5 nitrogen and oxygen atoms in total. The molecular weight excluding hydrogens is 320 g/mol. The van der Waals surface area contributed by atoms with Crippen LogP contribution in [0.25, 0.3) is 11.1 Å². The van der Waals surface area contributed by atoms with Gasteiger partial charge < -0.3 is 5.73 Å². The maximum Gasteiger partial charge on any atom is 0.231 e. The topological polar surface area (TPSA) is 82.5 Å². The average molecular weight is 338 g/mol. The maximum absolute atomic E-state index is 12.2. The molecule has 1 aromatic carbocycles. The molecule has 0 saturated heterocycles. The Hall–Kier alpha value is -2.65. The molecule has 0 spiro atoms. The van der Waals surface area contributed by atoms with E-state index >= 15 is 0 Å². The summed E-state index contributed by atoms with van der Waals surface area (Å²) in [5.41, 5.74) is 9.03. The molecule has 2 aromatic rings. The second-order valence-corrected chi connectivity index (χ2v) is 7.05. The number of nitrogens with zero attached hydrogens (tertiary/aromatic N) is 3. The lowest BCUT2D eigenvalue weighted by atomic mass is 9.90. The summed E-state index contributed by atoms with van der Waals surface area (Å²) in [4.78, 5) is 19.2. The number of carbonyl (C=O) groups excluding carboxylic acids is 1. The van der Waals surface area contributed by atoms with Crippen LogP contribution in [0.2, 0.25) is 0 Å². The fraction of sp³-hybridized carbons (Fsp3) is 0.278. The van der Waals surface area contributed by atoms with Gasteiger partial charge in [0.05, 0.1) is 18.1 Å². The van der Waals surface area contributed by atoms with Gasteiger partial charge in [-0.2, -0.15) is 5.26 Å². The van der Waals surface area contributed by atoms with Crippen LogP contribution in [-0.2, 0) is 10.3 Å². The summed E-state index contributed by atoms with van der Waals surface area (Å²) in [6.45, 7) is 3.97. The van der Waals surface area contributed by atoms with Gasteiger partial charge in [0.15, 0.2) is 5.96 Å². The number of hydrogen-bond acceptors (Lipinski definition) is 5. The Bertz CT molecular complexity index is 893. The Balaban J connectivity index is 2.08. The lowest BCUT2D eigenvalue weighted by Gasteiger charge is -2.33. The van der Waals surface area contributed by atoms with Gasteiger partial charge in [0.25, 0.3) is 0 Å². The van der Waals surface area contributed by atoms with Gasteiger partial charge in [-0.1, -0.05) is 12.1 Å². The van der Waals surface area contributed by atoms with Crippen molar-refractivity contribution in [2.75, 3.05) is 7.05 Å². The third-order valence-corrected chi connectivity index (χ3v) is 5.74. The minimum absolute atomic E-state index is 0.0363. The fourth-order valence-corrected chi connectivity index (χ4v) is 4.23. The number of nitriles is 1. The van der Waals surface area contributed by atoms with Crippen molar-refractivity contribution in [2.24, 2.45) is 10.7 Å². The first-order valence-corrected chi connectivity index (χ1v) is 8.44. The Morgan fingerprint density at radius 1 is 1.46 bits per heavy atom. The number of benzene rings is 1. The smallest absolute Gasteiger partial charge is 0.231 e. The predicted molar refractivity (Wildman–Crippen MR) is 95.6 cm³/mol. The summed E-state index contributed by atoms with van der Waals surface area (Å²) in [6.07, 6.45) is 0.295. The minimum atomic E-state index is -0.645. The van der Waals surface area contributed by atoms with Crippen LogP contribution < -0.4 is 5.73 Å². The molecule has 0 aliphatic carbocycles. The van der Waals surface area contributed by atoms with Gasteiger partial charge in [-0.25, -0.2) is 4.99 Å². The number of nitrogens with two attached hydrogens (primary N) is 1. The lowest BCUT2D eigenvalue weighted by Crippen LogP contribution is -2.47. The van der Waals surface area contributed by atoms with Crippen LogP contribution in [0.15, 0.2) is 34.6 Å². The second-order valence-electron chi connectivity index (χ2n) is 6.17. The molecule has 24 heavy (non-hydrogen) atoms. The molecule has 1 atom stereocenters. The molecule has 1 amide bonds. The summed E-state index contributed by atoms with van der Waals surface area (Å²) in [7, 11) is 1.64. The summed E-state index contributed by atoms with van der Waals surface area (Å²) >= 11 is 1.58. The molecular formula is C18H18N4OS. The summed E-state index contributed by atoms with van der Waals surface area (Å²) in [6, 6.07) is 9.69. The molecule has 2 N–H and O–H groups in total. The van der Waals surface area contributed by atoms with Gasteiger partial charge >= 0.3 is 0 Å². The predicted octanol–water partition coefficient (Wildman–Crippen LogP) is 2.99. The zero-order valence-electron chi connectivity index (χ0n) is 13.8. The average Bonchev–Trinajstić information content (AvgIpc) is 2.95. The Labute approximate surface area is 145 Å².